The minimum atomic E-state index is -3.52. The van der Waals surface area contributed by atoms with Crippen molar-refractivity contribution in [2.75, 3.05) is 0 Å². The molecule has 2 unspecified atom stereocenters. The monoisotopic (exact) mass is 276 g/mol. The van der Waals surface area contributed by atoms with Crippen LogP contribution in [0, 0.1) is 31.6 Å². The van der Waals surface area contributed by atoms with Crippen LogP contribution in [0.15, 0.2) is 24.3 Å². The predicted octanol–water partition coefficient (Wildman–Crippen LogP) is 2.89. The lowest BCUT2D eigenvalue weighted by atomic mass is 10.2. The summed E-state index contributed by atoms with van der Waals surface area (Å²) < 4.78 is 23.6. The summed E-state index contributed by atoms with van der Waals surface area (Å²) in [6.07, 6.45) is 9.25. The van der Waals surface area contributed by atoms with Crippen LogP contribution in [-0.2, 0) is 13.6 Å². The quantitative estimate of drug-likeness (QED) is 0.613. The van der Waals surface area contributed by atoms with E-state index in [4.69, 9.17) is 21.9 Å². The molecular formula is C15H17O3P. The highest BCUT2D eigenvalue weighted by atomic mass is 31.2. The maximum atomic E-state index is 12.8. The van der Waals surface area contributed by atoms with Gasteiger partial charge in [-0.05, 0) is 32.9 Å². The second-order valence-electron chi connectivity index (χ2n) is 4.16. The summed E-state index contributed by atoms with van der Waals surface area (Å²) in [7, 11) is -3.52. The average molecular weight is 276 g/mol. The molecule has 0 saturated heterocycles. The molecule has 1 aromatic rings. The van der Waals surface area contributed by atoms with Gasteiger partial charge in [0.05, 0.1) is 5.30 Å². The Morgan fingerprint density at radius 3 is 1.84 bits per heavy atom. The molecule has 0 amide bonds. The van der Waals surface area contributed by atoms with Crippen LogP contribution in [-0.4, -0.2) is 12.2 Å². The summed E-state index contributed by atoms with van der Waals surface area (Å²) in [5, 5.41) is 0.447. The summed E-state index contributed by atoms with van der Waals surface area (Å²) >= 11 is 0. The fourth-order valence-electron chi connectivity index (χ4n) is 1.35. The van der Waals surface area contributed by atoms with Gasteiger partial charge in [-0.3, -0.25) is 13.6 Å². The minimum absolute atomic E-state index is 0.447. The fourth-order valence-corrected chi connectivity index (χ4v) is 3.11. The second-order valence-corrected chi connectivity index (χ2v) is 6.09. The smallest absolute Gasteiger partial charge is 0.289 e. The molecule has 0 saturated carbocycles. The molecule has 0 aromatic heterocycles. The zero-order valence-corrected chi connectivity index (χ0v) is 12.2. The summed E-state index contributed by atoms with van der Waals surface area (Å²) in [6.45, 7) is 5.19. The van der Waals surface area contributed by atoms with Gasteiger partial charge in [0.1, 0.15) is 12.2 Å². The Bertz CT molecular complexity index is 522. The zero-order valence-electron chi connectivity index (χ0n) is 11.3. The van der Waals surface area contributed by atoms with E-state index in [2.05, 4.69) is 11.8 Å². The number of rotatable bonds is 5. The standard InChI is InChI=1S/C15H17O3P/c1-6-13(4)17-19(16,18-14(5)7-2)15-10-8-12(3)9-11-15/h1-2,8-11,13-14H,3-5H3. The Kier molecular flexibility index (Phi) is 5.40. The minimum Gasteiger partial charge on any atom is -0.289 e. The van der Waals surface area contributed by atoms with Crippen LogP contribution in [0.25, 0.3) is 0 Å². The summed E-state index contributed by atoms with van der Waals surface area (Å²) in [5.41, 5.74) is 1.05. The van der Waals surface area contributed by atoms with Gasteiger partial charge in [-0.25, -0.2) is 0 Å². The maximum Gasteiger partial charge on any atom is 0.363 e. The Morgan fingerprint density at radius 1 is 1.05 bits per heavy atom. The largest absolute Gasteiger partial charge is 0.363 e. The van der Waals surface area contributed by atoms with E-state index in [1.165, 1.54) is 0 Å². The Morgan fingerprint density at radius 2 is 1.47 bits per heavy atom. The molecule has 0 bridgehead atoms. The number of aryl methyl sites for hydroxylation is 1. The van der Waals surface area contributed by atoms with E-state index in [0.29, 0.717) is 5.30 Å². The van der Waals surface area contributed by atoms with Gasteiger partial charge >= 0.3 is 7.60 Å². The van der Waals surface area contributed by atoms with Crippen molar-refractivity contribution >= 4 is 12.9 Å². The van der Waals surface area contributed by atoms with E-state index in [1.807, 2.05) is 19.1 Å². The molecular weight excluding hydrogens is 259 g/mol. The number of hydrogen-bond acceptors (Lipinski definition) is 3. The van der Waals surface area contributed by atoms with Gasteiger partial charge in [-0.2, -0.15) is 0 Å². The van der Waals surface area contributed by atoms with Crippen LogP contribution in [0.1, 0.15) is 19.4 Å². The van der Waals surface area contributed by atoms with Crippen molar-refractivity contribution in [1.29, 1.82) is 0 Å². The zero-order chi connectivity index (χ0) is 14.5. The van der Waals surface area contributed by atoms with Crippen molar-refractivity contribution < 1.29 is 13.6 Å². The van der Waals surface area contributed by atoms with Crippen molar-refractivity contribution in [2.24, 2.45) is 0 Å². The van der Waals surface area contributed by atoms with Crippen LogP contribution in [0.2, 0.25) is 0 Å². The molecule has 0 radical (unpaired) electrons. The van der Waals surface area contributed by atoms with E-state index in [9.17, 15) is 4.57 Å². The first kappa shape index (κ1) is 15.5. The normalized spacial score (nSPS) is 16.7. The summed E-state index contributed by atoms with van der Waals surface area (Å²) in [6, 6.07) is 7.05. The number of terminal acetylenes is 2. The first-order valence-electron chi connectivity index (χ1n) is 5.87. The highest BCUT2D eigenvalue weighted by molar-refractivity contribution is 7.62. The lowest BCUT2D eigenvalue weighted by Gasteiger charge is -2.22. The first-order chi connectivity index (χ1) is 8.91. The van der Waals surface area contributed by atoms with Crippen molar-refractivity contribution in [1.82, 2.24) is 0 Å². The van der Waals surface area contributed by atoms with E-state index in [1.54, 1.807) is 26.0 Å². The van der Waals surface area contributed by atoms with Gasteiger partial charge < -0.3 is 0 Å². The van der Waals surface area contributed by atoms with E-state index in [-0.39, 0.29) is 0 Å². The molecule has 0 aliphatic heterocycles. The molecule has 19 heavy (non-hydrogen) atoms. The SMILES string of the molecule is C#CC(C)OP(=O)(OC(C)C#C)c1ccc(C)cc1. The molecule has 2 atom stereocenters. The first-order valence-corrected chi connectivity index (χ1v) is 7.42. The van der Waals surface area contributed by atoms with E-state index < -0.39 is 19.8 Å². The molecule has 0 spiro atoms. The predicted molar refractivity (Wildman–Crippen MR) is 77.2 cm³/mol. The van der Waals surface area contributed by atoms with Gasteiger partial charge in [0.15, 0.2) is 0 Å². The third-order valence-electron chi connectivity index (χ3n) is 2.41. The molecule has 4 heteroatoms. The fraction of sp³-hybridized carbons (Fsp3) is 0.333. The van der Waals surface area contributed by atoms with Crippen molar-refractivity contribution in [3.05, 3.63) is 29.8 Å². The molecule has 1 aromatic carbocycles. The topological polar surface area (TPSA) is 35.5 Å². The third kappa shape index (κ3) is 4.27. The highest BCUT2D eigenvalue weighted by Crippen LogP contribution is 2.49. The van der Waals surface area contributed by atoms with Crippen molar-refractivity contribution in [2.45, 2.75) is 33.0 Å². The van der Waals surface area contributed by atoms with Gasteiger partial charge in [0.25, 0.3) is 0 Å². The lowest BCUT2D eigenvalue weighted by Crippen LogP contribution is -2.18. The molecule has 0 fully saturated rings. The van der Waals surface area contributed by atoms with Crippen LogP contribution >= 0.6 is 7.60 Å². The molecule has 0 heterocycles. The Hall–Kier alpha value is -1.51. The van der Waals surface area contributed by atoms with Crippen LogP contribution in [0.5, 0.6) is 0 Å². The van der Waals surface area contributed by atoms with Gasteiger partial charge in [-0.1, -0.05) is 29.5 Å². The summed E-state index contributed by atoms with van der Waals surface area (Å²) in [4.78, 5) is 0. The van der Waals surface area contributed by atoms with Crippen LogP contribution in [0.3, 0.4) is 0 Å². The maximum absolute atomic E-state index is 12.8. The Labute approximate surface area is 114 Å². The molecule has 3 nitrogen and oxygen atoms in total. The Balaban J connectivity index is 3.12. The summed E-state index contributed by atoms with van der Waals surface area (Å²) in [5.74, 6) is 4.73. The van der Waals surface area contributed by atoms with E-state index in [0.717, 1.165) is 5.56 Å². The molecule has 0 aliphatic rings. The highest BCUT2D eigenvalue weighted by Gasteiger charge is 2.31. The molecule has 100 valence electrons. The number of hydrogen-bond donors (Lipinski definition) is 0. The molecule has 0 aliphatic carbocycles. The van der Waals surface area contributed by atoms with Gasteiger partial charge in [-0.15, -0.1) is 12.8 Å². The third-order valence-corrected chi connectivity index (χ3v) is 4.53. The van der Waals surface area contributed by atoms with Crippen LogP contribution in [0.4, 0.5) is 0 Å². The van der Waals surface area contributed by atoms with Crippen molar-refractivity contribution in [3.63, 3.8) is 0 Å². The van der Waals surface area contributed by atoms with E-state index >= 15 is 0 Å². The lowest BCUT2D eigenvalue weighted by molar-refractivity contribution is 0.179. The van der Waals surface area contributed by atoms with Crippen LogP contribution < -0.4 is 5.30 Å². The average Bonchev–Trinajstić information content (AvgIpc) is 2.38. The number of benzene rings is 1. The van der Waals surface area contributed by atoms with Gasteiger partial charge in [0, 0.05) is 0 Å². The molecule has 1 rings (SSSR count). The molecule has 0 N–H and O–H groups in total. The van der Waals surface area contributed by atoms with Crippen molar-refractivity contribution in [3.8, 4) is 24.7 Å². The van der Waals surface area contributed by atoms with Gasteiger partial charge in [0.2, 0.25) is 0 Å². The second kappa shape index (κ2) is 6.60.